The summed E-state index contributed by atoms with van der Waals surface area (Å²) in [5.41, 5.74) is 4.35. The molecule has 106 valence electrons. The van der Waals surface area contributed by atoms with Crippen LogP contribution < -0.4 is 5.73 Å². The first-order valence-corrected chi connectivity index (χ1v) is 5.53. The lowest BCUT2D eigenvalue weighted by Gasteiger charge is -2.13. The molecule has 1 aromatic rings. The second-order valence-corrected chi connectivity index (χ2v) is 3.91. The standard InChI is InChI=1S/C12H13F4NO2/c1-2-19-11(18)10(17)5-7-3-8(12(14,15)16)6-9(13)4-7/h3-4,6,10H,2,5,17H2,1H3. The quantitative estimate of drug-likeness (QED) is 0.679. The van der Waals surface area contributed by atoms with Crippen molar-refractivity contribution in [3.63, 3.8) is 0 Å². The molecule has 0 heterocycles. The molecule has 1 aromatic carbocycles. The number of rotatable bonds is 4. The summed E-state index contributed by atoms with van der Waals surface area (Å²) in [6.45, 7) is 1.69. The third-order valence-electron chi connectivity index (χ3n) is 2.33. The summed E-state index contributed by atoms with van der Waals surface area (Å²) in [5.74, 6) is -1.76. The first kappa shape index (κ1) is 15.4. The van der Waals surface area contributed by atoms with E-state index in [9.17, 15) is 22.4 Å². The maximum Gasteiger partial charge on any atom is 0.416 e. The molecule has 3 nitrogen and oxygen atoms in total. The van der Waals surface area contributed by atoms with Crippen molar-refractivity contribution < 1.29 is 27.1 Å². The fraction of sp³-hybridized carbons (Fsp3) is 0.417. The monoisotopic (exact) mass is 279 g/mol. The largest absolute Gasteiger partial charge is 0.465 e. The van der Waals surface area contributed by atoms with Crippen LogP contribution in [0.2, 0.25) is 0 Å². The predicted molar refractivity (Wildman–Crippen MR) is 59.7 cm³/mol. The van der Waals surface area contributed by atoms with Crippen LogP contribution in [0.4, 0.5) is 17.6 Å². The van der Waals surface area contributed by atoms with Crippen molar-refractivity contribution in [1.29, 1.82) is 0 Å². The summed E-state index contributed by atoms with van der Waals surface area (Å²) in [6, 6.07) is 0.943. The van der Waals surface area contributed by atoms with Gasteiger partial charge in [0.15, 0.2) is 0 Å². The second-order valence-electron chi connectivity index (χ2n) is 3.91. The minimum atomic E-state index is -4.65. The molecule has 0 amide bonds. The van der Waals surface area contributed by atoms with Gasteiger partial charge < -0.3 is 10.5 Å². The molecule has 0 aliphatic rings. The second kappa shape index (κ2) is 6.01. The van der Waals surface area contributed by atoms with Crippen molar-refractivity contribution in [1.82, 2.24) is 0 Å². The lowest BCUT2D eigenvalue weighted by atomic mass is 10.0. The number of benzene rings is 1. The van der Waals surface area contributed by atoms with Crippen LogP contribution in [0.25, 0.3) is 0 Å². The van der Waals surface area contributed by atoms with Gasteiger partial charge in [-0.1, -0.05) is 0 Å². The number of esters is 1. The molecule has 0 aromatic heterocycles. The van der Waals surface area contributed by atoms with Gasteiger partial charge in [-0.3, -0.25) is 4.79 Å². The SMILES string of the molecule is CCOC(=O)C(N)Cc1cc(F)cc(C(F)(F)F)c1. The number of carbonyl (C=O) groups is 1. The summed E-state index contributed by atoms with van der Waals surface area (Å²) in [7, 11) is 0. The van der Waals surface area contributed by atoms with Gasteiger partial charge in [-0.05, 0) is 37.1 Å². The maximum atomic E-state index is 13.1. The van der Waals surface area contributed by atoms with E-state index in [0.717, 1.165) is 12.1 Å². The van der Waals surface area contributed by atoms with Crippen molar-refractivity contribution in [2.45, 2.75) is 25.6 Å². The Labute approximate surface area is 107 Å². The Balaban J connectivity index is 2.90. The van der Waals surface area contributed by atoms with Crippen LogP contribution in [0.1, 0.15) is 18.1 Å². The summed E-state index contributed by atoms with van der Waals surface area (Å²) < 4.78 is 55.1. The Morgan fingerprint density at radius 1 is 1.37 bits per heavy atom. The fourth-order valence-corrected chi connectivity index (χ4v) is 1.52. The van der Waals surface area contributed by atoms with Crippen molar-refractivity contribution in [3.05, 3.63) is 35.1 Å². The smallest absolute Gasteiger partial charge is 0.416 e. The highest BCUT2D eigenvalue weighted by Crippen LogP contribution is 2.30. The zero-order valence-electron chi connectivity index (χ0n) is 10.1. The van der Waals surface area contributed by atoms with E-state index in [1.165, 1.54) is 0 Å². The molecule has 0 bridgehead atoms. The van der Waals surface area contributed by atoms with E-state index in [1.54, 1.807) is 6.92 Å². The fourth-order valence-electron chi connectivity index (χ4n) is 1.52. The van der Waals surface area contributed by atoms with Crippen LogP contribution in [0.15, 0.2) is 18.2 Å². The van der Waals surface area contributed by atoms with Gasteiger partial charge in [0.25, 0.3) is 0 Å². The Kier molecular flexibility index (Phi) is 4.88. The van der Waals surface area contributed by atoms with E-state index >= 15 is 0 Å². The van der Waals surface area contributed by atoms with Gasteiger partial charge in [-0.2, -0.15) is 13.2 Å². The Morgan fingerprint density at radius 3 is 2.53 bits per heavy atom. The molecule has 0 fully saturated rings. The zero-order valence-corrected chi connectivity index (χ0v) is 10.1. The third kappa shape index (κ3) is 4.51. The van der Waals surface area contributed by atoms with Gasteiger partial charge in [0.2, 0.25) is 0 Å². The average molecular weight is 279 g/mol. The highest BCUT2D eigenvalue weighted by atomic mass is 19.4. The van der Waals surface area contributed by atoms with E-state index < -0.39 is 29.6 Å². The van der Waals surface area contributed by atoms with Gasteiger partial charge in [-0.15, -0.1) is 0 Å². The molecule has 1 atom stereocenters. The highest BCUT2D eigenvalue weighted by molar-refractivity contribution is 5.75. The molecular weight excluding hydrogens is 266 g/mol. The highest BCUT2D eigenvalue weighted by Gasteiger charge is 2.31. The number of carbonyl (C=O) groups excluding carboxylic acids is 1. The molecule has 0 saturated carbocycles. The van der Waals surface area contributed by atoms with Crippen LogP contribution in [-0.2, 0) is 22.1 Å². The number of ether oxygens (including phenoxy) is 1. The molecule has 19 heavy (non-hydrogen) atoms. The van der Waals surface area contributed by atoms with E-state index in [4.69, 9.17) is 5.73 Å². The van der Waals surface area contributed by atoms with Crippen molar-refractivity contribution in [2.75, 3.05) is 6.61 Å². The van der Waals surface area contributed by atoms with Crippen molar-refractivity contribution in [2.24, 2.45) is 5.73 Å². The van der Waals surface area contributed by atoms with Crippen LogP contribution in [0.5, 0.6) is 0 Å². The topological polar surface area (TPSA) is 52.3 Å². The van der Waals surface area contributed by atoms with Gasteiger partial charge in [0, 0.05) is 0 Å². The summed E-state index contributed by atoms with van der Waals surface area (Å²) in [6.07, 6.45) is -4.87. The summed E-state index contributed by atoms with van der Waals surface area (Å²) in [4.78, 5) is 11.3. The van der Waals surface area contributed by atoms with Crippen LogP contribution in [-0.4, -0.2) is 18.6 Å². The Hall–Kier alpha value is -1.63. The molecule has 2 N–H and O–H groups in total. The van der Waals surface area contributed by atoms with Gasteiger partial charge in [-0.25, -0.2) is 4.39 Å². The molecule has 0 saturated heterocycles. The molecular formula is C12H13F4NO2. The number of alkyl halides is 3. The molecule has 7 heteroatoms. The first-order valence-electron chi connectivity index (χ1n) is 5.53. The lowest BCUT2D eigenvalue weighted by molar-refractivity contribution is -0.144. The van der Waals surface area contributed by atoms with E-state index in [-0.39, 0.29) is 18.6 Å². The first-order chi connectivity index (χ1) is 8.74. The summed E-state index contributed by atoms with van der Waals surface area (Å²) >= 11 is 0. The maximum absolute atomic E-state index is 13.1. The Bertz CT molecular complexity index is 460. The molecule has 0 radical (unpaired) electrons. The van der Waals surface area contributed by atoms with Gasteiger partial charge in [0.1, 0.15) is 11.9 Å². The predicted octanol–water partition coefficient (Wildman–Crippen LogP) is 2.28. The summed E-state index contributed by atoms with van der Waals surface area (Å²) in [5, 5.41) is 0. The van der Waals surface area contributed by atoms with E-state index in [0.29, 0.717) is 6.07 Å². The number of halogens is 4. The number of nitrogens with two attached hydrogens (primary N) is 1. The lowest BCUT2D eigenvalue weighted by Crippen LogP contribution is -2.34. The number of hydrogen-bond donors (Lipinski definition) is 1. The van der Waals surface area contributed by atoms with Crippen LogP contribution in [0.3, 0.4) is 0 Å². The zero-order chi connectivity index (χ0) is 14.6. The average Bonchev–Trinajstić information content (AvgIpc) is 2.27. The van der Waals surface area contributed by atoms with E-state index in [1.807, 2.05) is 0 Å². The normalized spacial score (nSPS) is 13.2. The molecule has 0 spiro atoms. The molecule has 0 aliphatic carbocycles. The molecule has 1 rings (SSSR count). The van der Waals surface area contributed by atoms with E-state index in [2.05, 4.69) is 4.74 Å². The van der Waals surface area contributed by atoms with Crippen molar-refractivity contribution >= 4 is 5.97 Å². The molecule has 1 unspecified atom stereocenters. The van der Waals surface area contributed by atoms with Gasteiger partial charge in [0.05, 0.1) is 12.2 Å². The Morgan fingerprint density at radius 2 is 2.00 bits per heavy atom. The third-order valence-corrected chi connectivity index (χ3v) is 2.33. The van der Waals surface area contributed by atoms with Crippen molar-refractivity contribution in [3.8, 4) is 0 Å². The minimum absolute atomic E-state index is 0.00659. The minimum Gasteiger partial charge on any atom is -0.465 e. The molecule has 0 aliphatic heterocycles. The number of hydrogen-bond acceptors (Lipinski definition) is 3. The van der Waals surface area contributed by atoms with Crippen LogP contribution in [0, 0.1) is 5.82 Å². The van der Waals surface area contributed by atoms with Crippen LogP contribution >= 0.6 is 0 Å². The van der Waals surface area contributed by atoms with Gasteiger partial charge >= 0.3 is 12.1 Å².